The normalized spacial score (nSPS) is 24.8. The third kappa shape index (κ3) is 5.00. The van der Waals surface area contributed by atoms with Crippen molar-refractivity contribution in [2.24, 2.45) is 0 Å². The molecule has 4 saturated heterocycles. The third-order valence-electron chi connectivity index (χ3n) is 8.29. The van der Waals surface area contributed by atoms with Crippen LogP contribution >= 0.6 is 0 Å². The van der Waals surface area contributed by atoms with E-state index in [0.717, 1.165) is 77.5 Å². The maximum Gasteiger partial charge on any atom is 0.254 e. The summed E-state index contributed by atoms with van der Waals surface area (Å²) >= 11 is 0. The fourth-order valence-electron chi connectivity index (χ4n) is 6.30. The molecule has 0 radical (unpaired) electrons. The number of hydrogen-bond acceptors (Lipinski definition) is 4. The minimum Gasteiger partial charge on any atom is -0.341 e. The smallest absolute Gasteiger partial charge is 0.254 e. The molecule has 4 fully saturated rings. The zero-order valence-electron chi connectivity index (χ0n) is 21.2. The number of carbonyl (C=O) groups is 4. The van der Waals surface area contributed by atoms with Crippen LogP contribution in [0.25, 0.3) is 0 Å². The molecule has 4 aliphatic heterocycles. The predicted octanol–water partition coefficient (Wildman–Crippen LogP) is 2.92. The van der Waals surface area contributed by atoms with Crippen LogP contribution in [0.3, 0.4) is 0 Å². The van der Waals surface area contributed by atoms with Gasteiger partial charge in [-0.05, 0) is 69.6 Å². The quantitative estimate of drug-likeness (QED) is 0.645. The summed E-state index contributed by atoms with van der Waals surface area (Å²) in [4.78, 5) is 60.5. The first kappa shape index (κ1) is 24.8. The molecule has 4 heterocycles. The molecular weight excluding hydrogens is 456 g/mol. The Balaban J connectivity index is 1.29. The van der Waals surface area contributed by atoms with Crippen molar-refractivity contribution < 1.29 is 19.2 Å². The van der Waals surface area contributed by atoms with E-state index in [4.69, 9.17) is 0 Å². The molecule has 0 spiro atoms. The van der Waals surface area contributed by atoms with Crippen LogP contribution in [0.15, 0.2) is 24.3 Å². The molecule has 4 amide bonds. The van der Waals surface area contributed by atoms with Crippen LogP contribution in [0.2, 0.25) is 0 Å². The minimum atomic E-state index is -0.420. The standard InChI is InChI=1S/C28H38N4O4/c33-25(31-18-8-12-23(31)27(35)29-14-3-1-2-4-15-29)21-10-7-11-22(20-21)26(34)32-19-9-13-24(32)28(36)30-16-5-6-17-30/h7,10-11,20,23-24H,1-6,8-9,12-19H2/t23-,24-/m0/s1. The molecule has 8 nitrogen and oxygen atoms in total. The summed E-state index contributed by atoms with van der Waals surface area (Å²) in [7, 11) is 0. The highest BCUT2D eigenvalue weighted by molar-refractivity contribution is 6.02. The lowest BCUT2D eigenvalue weighted by Crippen LogP contribution is -2.48. The van der Waals surface area contributed by atoms with Gasteiger partial charge in [0, 0.05) is 50.4 Å². The summed E-state index contributed by atoms with van der Waals surface area (Å²) in [6.45, 7) is 4.20. The first-order valence-electron chi connectivity index (χ1n) is 13.8. The van der Waals surface area contributed by atoms with Crippen LogP contribution in [0.5, 0.6) is 0 Å². The largest absolute Gasteiger partial charge is 0.341 e. The summed E-state index contributed by atoms with van der Waals surface area (Å²) < 4.78 is 0. The van der Waals surface area contributed by atoms with Crippen molar-refractivity contribution in [1.29, 1.82) is 0 Å². The number of amides is 4. The second-order valence-electron chi connectivity index (χ2n) is 10.7. The molecular formula is C28H38N4O4. The van der Waals surface area contributed by atoms with Crippen molar-refractivity contribution in [2.45, 2.75) is 76.3 Å². The van der Waals surface area contributed by atoms with E-state index >= 15 is 0 Å². The summed E-state index contributed by atoms with van der Waals surface area (Å²) in [5, 5.41) is 0. The van der Waals surface area contributed by atoms with E-state index in [-0.39, 0.29) is 23.6 Å². The molecule has 0 bridgehead atoms. The Morgan fingerprint density at radius 3 is 1.42 bits per heavy atom. The SMILES string of the molecule is O=C([C@@H]1CCCN1C(=O)c1cccc(C(=O)N2CCC[C@H]2C(=O)N2CCCC2)c1)N1CCCCCC1. The van der Waals surface area contributed by atoms with Crippen molar-refractivity contribution in [1.82, 2.24) is 19.6 Å². The number of benzene rings is 1. The van der Waals surface area contributed by atoms with Crippen LogP contribution in [0.1, 0.15) is 84.9 Å². The average Bonchev–Trinajstić information content (AvgIpc) is 3.67. The molecule has 0 N–H and O–H groups in total. The van der Waals surface area contributed by atoms with E-state index in [0.29, 0.717) is 37.1 Å². The van der Waals surface area contributed by atoms with E-state index in [2.05, 4.69) is 0 Å². The molecule has 1 aromatic carbocycles. The van der Waals surface area contributed by atoms with Crippen molar-refractivity contribution in [2.75, 3.05) is 39.3 Å². The zero-order valence-corrected chi connectivity index (χ0v) is 21.2. The second kappa shape index (κ2) is 11.0. The summed E-state index contributed by atoms with van der Waals surface area (Å²) in [5.41, 5.74) is 0.856. The Morgan fingerprint density at radius 1 is 0.556 bits per heavy atom. The minimum absolute atomic E-state index is 0.0533. The monoisotopic (exact) mass is 494 g/mol. The van der Waals surface area contributed by atoms with Gasteiger partial charge in [0.1, 0.15) is 12.1 Å². The molecule has 8 heteroatoms. The third-order valence-corrected chi connectivity index (χ3v) is 8.29. The van der Waals surface area contributed by atoms with Gasteiger partial charge in [-0.2, -0.15) is 0 Å². The van der Waals surface area contributed by atoms with Crippen LogP contribution in [-0.2, 0) is 9.59 Å². The van der Waals surface area contributed by atoms with Gasteiger partial charge in [0.15, 0.2) is 0 Å². The van der Waals surface area contributed by atoms with Gasteiger partial charge < -0.3 is 19.6 Å². The van der Waals surface area contributed by atoms with E-state index in [1.54, 1.807) is 34.1 Å². The van der Waals surface area contributed by atoms with Crippen molar-refractivity contribution in [3.05, 3.63) is 35.4 Å². The maximum atomic E-state index is 13.5. The van der Waals surface area contributed by atoms with Crippen molar-refractivity contribution >= 4 is 23.6 Å². The van der Waals surface area contributed by atoms with Crippen molar-refractivity contribution in [3.63, 3.8) is 0 Å². The van der Waals surface area contributed by atoms with Gasteiger partial charge in [-0.1, -0.05) is 18.9 Å². The lowest BCUT2D eigenvalue weighted by molar-refractivity contribution is -0.135. The number of likely N-dealkylation sites (tertiary alicyclic amines) is 4. The Bertz CT molecular complexity index is 997. The highest BCUT2D eigenvalue weighted by Crippen LogP contribution is 2.26. The van der Waals surface area contributed by atoms with Gasteiger partial charge in [0.2, 0.25) is 11.8 Å². The highest BCUT2D eigenvalue weighted by atomic mass is 16.2. The molecule has 0 unspecified atom stereocenters. The molecule has 4 aliphatic rings. The fourth-order valence-corrected chi connectivity index (χ4v) is 6.30. The van der Waals surface area contributed by atoms with Crippen LogP contribution in [0, 0.1) is 0 Å². The van der Waals surface area contributed by atoms with Crippen LogP contribution in [-0.4, -0.2) is 94.6 Å². The molecule has 194 valence electrons. The molecule has 1 aromatic rings. The lowest BCUT2D eigenvalue weighted by Gasteiger charge is -2.30. The molecule has 5 rings (SSSR count). The topological polar surface area (TPSA) is 81.2 Å². The highest BCUT2D eigenvalue weighted by Gasteiger charge is 2.39. The second-order valence-corrected chi connectivity index (χ2v) is 10.7. The Morgan fingerprint density at radius 2 is 0.972 bits per heavy atom. The number of carbonyl (C=O) groups excluding carboxylic acids is 4. The van der Waals surface area contributed by atoms with Crippen LogP contribution in [0.4, 0.5) is 0 Å². The summed E-state index contributed by atoms with van der Waals surface area (Å²) in [5.74, 6) is -0.271. The Kier molecular flexibility index (Phi) is 7.58. The Hall–Kier alpha value is -2.90. The molecule has 0 saturated carbocycles. The molecule has 0 aromatic heterocycles. The van der Waals surface area contributed by atoms with E-state index < -0.39 is 12.1 Å². The fraction of sp³-hybridized carbons (Fsp3) is 0.643. The van der Waals surface area contributed by atoms with Gasteiger partial charge in [-0.3, -0.25) is 19.2 Å². The van der Waals surface area contributed by atoms with Gasteiger partial charge in [0.25, 0.3) is 11.8 Å². The van der Waals surface area contributed by atoms with Gasteiger partial charge in [-0.25, -0.2) is 0 Å². The molecule has 2 atom stereocenters. The van der Waals surface area contributed by atoms with Gasteiger partial charge in [0.05, 0.1) is 0 Å². The van der Waals surface area contributed by atoms with E-state index in [1.165, 1.54) is 0 Å². The first-order valence-corrected chi connectivity index (χ1v) is 13.8. The number of nitrogens with zero attached hydrogens (tertiary/aromatic N) is 4. The first-order chi connectivity index (χ1) is 17.5. The number of rotatable bonds is 4. The zero-order chi connectivity index (χ0) is 25.1. The summed E-state index contributed by atoms with van der Waals surface area (Å²) in [6.07, 6.45) is 9.39. The van der Waals surface area contributed by atoms with Gasteiger partial charge in [-0.15, -0.1) is 0 Å². The Labute approximate surface area is 213 Å². The predicted molar refractivity (Wildman–Crippen MR) is 135 cm³/mol. The lowest BCUT2D eigenvalue weighted by atomic mass is 10.1. The van der Waals surface area contributed by atoms with Gasteiger partial charge >= 0.3 is 0 Å². The van der Waals surface area contributed by atoms with E-state index in [1.807, 2.05) is 9.80 Å². The summed E-state index contributed by atoms with van der Waals surface area (Å²) in [6, 6.07) is 5.99. The van der Waals surface area contributed by atoms with Crippen LogP contribution < -0.4 is 0 Å². The van der Waals surface area contributed by atoms with Crippen molar-refractivity contribution in [3.8, 4) is 0 Å². The average molecular weight is 495 g/mol. The molecule has 0 aliphatic carbocycles. The van der Waals surface area contributed by atoms with E-state index in [9.17, 15) is 19.2 Å². The molecule has 36 heavy (non-hydrogen) atoms. The maximum absolute atomic E-state index is 13.5. The number of hydrogen-bond donors (Lipinski definition) is 0.